The second kappa shape index (κ2) is 8.36. The molecule has 0 spiro atoms. The van der Waals surface area contributed by atoms with Gasteiger partial charge in [-0.25, -0.2) is 0 Å². The van der Waals surface area contributed by atoms with Crippen molar-refractivity contribution in [2.45, 2.75) is 6.54 Å². The summed E-state index contributed by atoms with van der Waals surface area (Å²) in [4.78, 5) is 14.6. The van der Waals surface area contributed by atoms with Crippen LogP contribution in [0.1, 0.15) is 21.6 Å². The third kappa shape index (κ3) is 4.74. The van der Waals surface area contributed by atoms with Crippen molar-refractivity contribution in [2.75, 3.05) is 31.7 Å². The van der Waals surface area contributed by atoms with Crippen LogP contribution in [-0.2, 0) is 13.6 Å². The smallest absolute Gasteiger partial charge is 0.206 e. The lowest BCUT2D eigenvalue weighted by atomic mass is 10.1. The summed E-state index contributed by atoms with van der Waals surface area (Å²) in [7, 11) is 3.50. The highest BCUT2D eigenvalue weighted by Crippen LogP contribution is 2.23. The normalized spacial score (nSPS) is 15.6. The quantitative estimate of drug-likeness (QED) is 0.588. The molecule has 0 N–H and O–H groups in total. The van der Waals surface area contributed by atoms with E-state index in [1.165, 1.54) is 11.5 Å². The second-order valence-corrected chi connectivity index (χ2v) is 7.26. The molecule has 0 radical (unpaired) electrons. The zero-order valence-corrected chi connectivity index (χ0v) is 15.5. The number of aryl methyl sites for hydroxylation is 1. The summed E-state index contributed by atoms with van der Waals surface area (Å²) < 4.78 is 7.13. The highest BCUT2D eigenvalue weighted by atomic mass is 32.2. The van der Waals surface area contributed by atoms with E-state index in [1.807, 2.05) is 30.0 Å². The van der Waals surface area contributed by atoms with E-state index >= 15 is 0 Å². The molecule has 2 aromatic rings. The summed E-state index contributed by atoms with van der Waals surface area (Å²) in [6.07, 6.45) is 5.18. The predicted octanol–water partition coefficient (Wildman–Crippen LogP) is 2.87. The van der Waals surface area contributed by atoms with E-state index in [1.54, 1.807) is 37.2 Å². The predicted molar refractivity (Wildman–Crippen MR) is 102 cm³/mol. The van der Waals surface area contributed by atoms with E-state index in [9.17, 15) is 4.79 Å². The lowest BCUT2D eigenvalue weighted by Crippen LogP contribution is -2.32. The average molecular weight is 357 g/mol. The number of hydrogen-bond acceptors (Lipinski definition) is 5. The number of methoxy groups -OCH3 is 1. The summed E-state index contributed by atoms with van der Waals surface area (Å²) in [6.45, 7) is 3.08. The molecule has 1 aromatic carbocycles. The molecule has 1 saturated heterocycles. The van der Waals surface area contributed by atoms with Crippen molar-refractivity contribution in [3.63, 3.8) is 0 Å². The van der Waals surface area contributed by atoms with Crippen LogP contribution in [0.3, 0.4) is 0 Å². The first-order valence-corrected chi connectivity index (χ1v) is 9.50. The monoisotopic (exact) mass is 357 g/mol. The molecular weight excluding hydrogens is 334 g/mol. The van der Waals surface area contributed by atoms with Crippen LogP contribution in [0.15, 0.2) is 36.5 Å². The molecule has 2 heterocycles. The molecule has 1 aromatic heterocycles. The number of aromatic nitrogens is 2. The van der Waals surface area contributed by atoms with Crippen molar-refractivity contribution in [2.24, 2.45) is 7.05 Å². The van der Waals surface area contributed by atoms with Crippen LogP contribution >= 0.6 is 11.8 Å². The van der Waals surface area contributed by atoms with Gasteiger partial charge in [0.15, 0.2) is 0 Å². The number of benzene rings is 1. The third-order valence-electron chi connectivity index (χ3n) is 4.20. The number of ketones is 1. The Labute approximate surface area is 152 Å². The molecule has 0 bridgehead atoms. The van der Waals surface area contributed by atoms with Gasteiger partial charge in [-0.1, -0.05) is 12.1 Å². The summed E-state index contributed by atoms with van der Waals surface area (Å²) in [5, 5.41) is 4.13. The summed E-state index contributed by atoms with van der Waals surface area (Å²) >= 11 is 2.00. The van der Waals surface area contributed by atoms with Gasteiger partial charge >= 0.3 is 0 Å². The number of rotatable bonds is 6. The fourth-order valence-electron chi connectivity index (χ4n) is 2.83. The molecule has 1 aliphatic heterocycles. The molecular formula is C19H23N3O2S. The molecule has 0 atom stereocenters. The van der Waals surface area contributed by atoms with Gasteiger partial charge in [-0.15, -0.1) is 0 Å². The van der Waals surface area contributed by atoms with Crippen LogP contribution in [0.5, 0.6) is 5.75 Å². The van der Waals surface area contributed by atoms with Gasteiger partial charge in [0.05, 0.1) is 7.11 Å². The van der Waals surface area contributed by atoms with Crippen molar-refractivity contribution in [1.29, 1.82) is 0 Å². The van der Waals surface area contributed by atoms with Crippen molar-refractivity contribution in [1.82, 2.24) is 14.7 Å². The number of allylic oxidation sites excluding steroid dienone is 1. The molecule has 6 heteroatoms. The molecule has 3 rings (SSSR count). The molecule has 0 aliphatic carbocycles. The first-order valence-electron chi connectivity index (χ1n) is 8.35. The fourth-order valence-corrected chi connectivity index (χ4v) is 3.81. The maximum absolute atomic E-state index is 12.2. The number of carbonyl (C=O) groups is 1. The molecule has 0 amide bonds. The zero-order valence-electron chi connectivity index (χ0n) is 14.6. The van der Waals surface area contributed by atoms with Crippen LogP contribution < -0.4 is 4.74 Å². The van der Waals surface area contributed by atoms with Gasteiger partial charge in [0.2, 0.25) is 5.78 Å². The molecule has 25 heavy (non-hydrogen) atoms. The Morgan fingerprint density at radius 1 is 1.32 bits per heavy atom. The van der Waals surface area contributed by atoms with Crippen molar-refractivity contribution in [3.05, 3.63) is 53.4 Å². The van der Waals surface area contributed by atoms with Crippen LogP contribution in [-0.4, -0.2) is 52.2 Å². The van der Waals surface area contributed by atoms with Crippen molar-refractivity contribution in [3.8, 4) is 5.75 Å². The Balaban J connectivity index is 1.74. The largest absolute Gasteiger partial charge is 0.496 e. The fraction of sp³-hybridized carbons (Fsp3) is 0.368. The number of thioether (sulfide) groups is 1. The van der Waals surface area contributed by atoms with Crippen LogP contribution in [0.4, 0.5) is 0 Å². The maximum atomic E-state index is 12.2. The number of nitrogens with zero attached hydrogens (tertiary/aromatic N) is 3. The highest BCUT2D eigenvalue weighted by Gasteiger charge is 2.13. The first-order chi connectivity index (χ1) is 12.2. The van der Waals surface area contributed by atoms with E-state index in [4.69, 9.17) is 4.74 Å². The Kier molecular flexibility index (Phi) is 5.94. The van der Waals surface area contributed by atoms with E-state index in [2.05, 4.69) is 16.1 Å². The molecule has 132 valence electrons. The van der Waals surface area contributed by atoms with Gasteiger partial charge < -0.3 is 4.74 Å². The van der Waals surface area contributed by atoms with Gasteiger partial charge in [-0.2, -0.15) is 16.9 Å². The van der Waals surface area contributed by atoms with Crippen molar-refractivity contribution >= 4 is 23.6 Å². The Hall–Kier alpha value is -2.05. The molecule has 0 unspecified atom stereocenters. The highest BCUT2D eigenvalue weighted by molar-refractivity contribution is 7.99. The summed E-state index contributed by atoms with van der Waals surface area (Å²) in [6, 6.07) is 7.76. The number of carbonyl (C=O) groups excluding carboxylic acids is 1. The molecule has 1 fully saturated rings. The van der Waals surface area contributed by atoms with E-state index in [0.29, 0.717) is 5.69 Å². The standard InChI is InChI=1S/C19H23N3O2S/c1-21-8-7-17(20-21)18(23)5-3-15-4-6-19(24-2)16(13-15)14-22-9-11-25-12-10-22/h3-8,13H,9-12,14H2,1-2H3/b5-3+. The number of hydrogen-bond donors (Lipinski definition) is 0. The van der Waals surface area contributed by atoms with Crippen molar-refractivity contribution < 1.29 is 9.53 Å². The molecule has 1 aliphatic rings. The van der Waals surface area contributed by atoms with Crippen LogP contribution in [0.25, 0.3) is 6.08 Å². The van der Waals surface area contributed by atoms with Crippen LogP contribution in [0.2, 0.25) is 0 Å². The average Bonchev–Trinajstić information content (AvgIpc) is 3.07. The topological polar surface area (TPSA) is 47.4 Å². The zero-order chi connectivity index (χ0) is 17.6. The first kappa shape index (κ1) is 17.8. The Morgan fingerprint density at radius 2 is 2.12 bits per heavy atom. The number of ether oxygens (including phenoxy) is 1. The SMILES string of the molecule is COc1ccc(/C=C/C(=O)c2ccn(C)n2)cc1CN1CCSCC1. The van der Waals surface area contributed by atoms with E-state index < -0.39 is 0 Å². The Morgan fingerprint density at radius 3 is 2.80 bits per heavy atom. The van der Waals surface area contributed by atoms with Gasteiger partial charge in [-0.3, -0.25) is 14.4 Å². The van der Waals surface area contributed by atoms with Gasteiger partial charge in [0.25, 0.3) is 0 Å². The molecule has 5 nitrogen and oxygen atoms in total. The van der Waals surface area contributed by atoms with Gasteiger partial charge in [0, 0.05) is 49.9 Å². The minimum Gasteiger partial charge on any atom is -0.496 e. The Bertz CT molecular complexity index is 764. The van der Waals surface area contributed by atoms with E-state index in [0.717, 1.165) is 36.5 Å². The minimum absolute atomic E-state index is 0.0916. The van der Waals surface area contributed by atoms with Gasteiger partial charge in [-0.05, 0) is 29.8 Å². The van der Waals surface area contributed by atoms with Crippen LogP contribution in [0, 0.1) is 0 Å². The maximum Gasteiger partial charge on any atom is 0.206 e. The van der Waals surface area contributed by atoms with E-state index in [-0.39, 0.29) is 5.78 Å². The summed E-state index contributed by atoms with van der Waals surface area (Å²) in [5.74, 6) is 3.17. The lowest BCUT2D eigenvalue weighted by molar-refractivity contribution is 0.104. The lowest BCUT2D eigenvalue weighted by Gasteiger charge is -2.26. The third-order valence-corrected chi connectivity index (χ3v) is 5.14. The minimum atomic E-state index is -0.0916. The summed E-state index contributed by atoms with van der Waals surface area (Å²) in [5.41, 5.74) is 2.60. The second-order valence-electron chi connectivity index (χ2n) is 6.03. The van der Waals surface area contributed by atoms with Gasteiger partial charge in [0.1, 0.15) is 11.4 Å². The molecule has 0 saturated carbocycles.